The number of β-amino-alcohol motifs (C(OH)–C–C–N with tert-alkyl or cyclic N) is 1. The van der Waals surface area contributed by atoms with Gasteiger partial charge in [-0.15, -0.1) is 0 Å². The number of fused-ring (bicyclic) bond motifs is 1. The molecule has 2 atom stereocenters. The first-order chi connectivity index (χ1) is 17.3. The molecule has 3 aromatic rings. The van der Waals surface area contributed by atoms with Crippen LogP contribution in [0.4, 0.5) is 27.8 Å². The summed E-state index contributed by atoms with van der Waals surface area (Å²) in [5.41, 5.74) is -2.69. The molecule has 1 amide bonds. The second-order valence-electron chi connectivity index (χ2n) is 9.74. The van der Waals surface area contributed by atoms with E-state index in [2.05, 4.69) is 9.97 Å². The molecule has 0 bridgehead atoms. The zero-order valence-electron chi connectivity index (χ0n) is 19.5. The molecule has 2 fully saturated rings. The van der Waals surface area contributed by atoms with Crippen LogP contribution in [0.2, 0.25) is 0 Å². The number of hydrogen-bond donors (Lipinski definition) is 2. The van der Waals surface area contributed by atoms with Crippen LogP contribution in [-0.4, -0.2) is 56.5 Å². The molecule has 2 unspecified atom stereocenters. The largest absolute Gasteiger partial charge is 0.408 e. The second kappa shape index (κ2) is 8.75. The highest BCUT2D eigenvalue weighted by Crippen LogP contribution is 2.40. The zero-order valence-corrected chi connectivity index (χ0v) is 19.5. The minimum absolute atomic E-state index is 0.141. The van der Waals surface area contributed by atoms with E-state index in [9.17, 15) is 36.6 Å². The number of hydrogen-bond acceptors (Lipinski definition) is 6. The van der Waals surface area contributed by atoms with E-state index in [1.165, 1.54) is 12.1 Å². The molecule has 1 saturated heterocycles. The fourth-order valence-corrected chi connectivity index (χ4v) is 4.53. The summed E-state index contributed by atoms with van der Waals surface area (Å²) in [7, 11) is 0. The maximum absolute atomic E-state index is 14.8. The average molecular weight is 523 g/mol. The van der Waals surface area contributed by atoms with E-state index in [1.54, 1.807) is 11.8 Å². The summed E-state index contributed by atoms with van der Waals surface area (Å²) in [6.45, 7) is 2.33. The normalized spacial score (nSPS) is 20.9. The first-order valence-corrected chi connectivity index (χ1v) is 11.6. The minimum atomic E-state index is -4.72. The van der Waals surface area contributed by atoms with Gasteiger partial charge in [0.25, 0.3) is 5.91 Å². The monoisotopic (exact) mass is 523 g/mol. The van der Waals surface area contributed by atoms with Crippen LogP contribution in [-0.2, 0) is 0 Å². The summed E-state index contributed by atoms with van der Waals surface area (Å²) < 4.78 is 69.7. The molecule has 4 heterocycles. The number of amides is 1. The summed E-state index contributed by atoms with van der Waals surface area (Å²) in [6, 6.07) is 1.20. The van der Waals surface area contributed by atoms with E-state index >= 15 is 0 Å². The molecule has 0 aromatic carbocycles. The first kappa shape index (κ1) is 25.1. The number of nitrogens with one attached hydrogen (secondary N) is 1. The number of rotatable bonds is 5. The zero-order chi connectivity index (χ0) is 26.7. The Morgan fingerprint density at radius 2 is 2.00 bits per heavy atom. The van der Waals surface area contributed by atoms with E-state index in [0.717, 1.165) is 17.0 Å². The van der Waals surface area contributed by atoms with Gasteiger partial charge in [-0.2, -0.15) is 13.2 Å². The van der Waals surface area contributed by atoms with Gasteiger partial charge in [-0.1, -0.05) is 0 Å². The van der Waals surface area contributed by atoms with Crippen molar-refractivity contribution < 1.29 is 31.9 Å². The molecule has 37 heavy (non-hydrogen) atoms. The smallest absolute Gasteiger partial charge is 0.388 e. The third-order valence-electron chi connectivity index (χ3n) is 6.61. The van der Waals surface area contributed by atoms with Crippen LogP contribution in [0, 0.1) is 17.6 Å². The molecule has 0 radical (unpaired) electrons. The highest BCUT2D eigenvalue weighted by Gasteiger charge is 2.50. The number of aliphatic hydroxyl groups is 1. The molecule has 1 aliphatic heterocycles. The van der Waals surface area contributed by atoms with Crippen molar-refractivity contribution in [2.45, 2.75) is 44.0 Å². The van der Waals surface area contributed by atoms with Crippen LogP contribution in [0.25, 0.3) is 16.9 Å². The summed E-state index contributed by atoms with van der Waals surface area (Å²) in [6.07, 6.45) is -2.11. The average Bonchev–Trinajstić information content (AvgIpc) is 3.58. The molecule has 1 saturated carbocycles. The van der Waals surface area contributed by atoms with Gasteiger partial charge < -0.3 is 15.3 Å². The SMILES string of the molecule is CC1(O)CCN(c2ccc3c(=O)c(C(=O)NC(C4CC4)C(F)(F)F)cn(-c4ncc(F)cc4F)c3n2)C1. The van der Waals surface area contributed by atoms with E-state index < -0.39 is 58.1 Å². The molecule has 2 N–H and O–H groups in total. The fraction of sp³-hybridized carbons (Fsp3) is 0.417. The molecule has 196 valence electrons. The van der Waals surface area contributed by atoms with Gasteiger partial charge in [0.2, 0.25) is 5.43 Å². The Kier molecular flexibility index (Phi) is 5.93. The number of halogens is 5. The van der Waals surface area contributed by atoms with Crippen molar-refractivity contribution in [2.75, 3.05) is 18.0 Å². The highest BCUT2D eigenvalue weighted by molar-refractivity contribution is 5.97. The number of aromatic nitrogens is 3. The van der Waals surface area contributed by atoms with Crippen molar-refractivity contribution in [1.82, 2.24) is 19.9 Å². The van der Waals surface area contributed by atoms with Gasteiger partial charge in [-0.25, -0.2) is 18.7 Å². The molecule has 5 rings (SSSR count). The van der Waals surface area contributed by atoms with Gasteiger partial charge in [0.05, 0.1) is 17.2 Å². The Balaban J connectivity index is 1.65. The molecular weight excluding hydrogens is 501 g/mol. The third kappa shape index (κ3) is 4.87. The Labute approximate surface area is 206 Å². The predicted octanol–water partition coefficient (Wildman–Crippen LogP) is 3.09. The minimum Gasteiger partial charge on any atom is -0.388 e. The van der Waals surface area contributed by atoms with E-state index in [-0.39, 0.29) is 30.4 Å². The molecule has 3 aromatic heterocycles. The summed E-state index contributed by atoms with van der Waals surface area (Å²) in [5, 5.41) is 12.0. The molecule has 1 aliphatic carbocycles. The van der Waals surface area contributed by atoms with Crippen molar-refractivity contribution in [1.29, 1.82) is 0 Å². The molecule has 2 aliphatic rings. The van der Waals surface area contributed by atoms with Gasteiger partial charge in [-0.05, 0) is 44.2 Å². The van der Waals surface area contributed by atoms with Crippen LogP contribution in [0.5, 0.6) is 0 Å². The molecular formula is C24H22F5N5O3. The van der Waals surface area contributed by atoms with Crippen LogP contribution in [0.1, 0.15) is 36.5 Å². The van der Waals surface area contributed by atoms with Crippen LogP contribution >= 0.6 is 0 Å². The van der Waals surface area contributed by atoms with Crippen LogP contribution < -0.4 is 15.6 Å². The number of anilines is 1. The number of pyridine rings is 3. The van der Waals surface area contributed by atoms with Crippen molar-refractivity contribution in [3.05, 3.63) is 58.0 Å². The van der Waals surface area contributed by atoms with Gasteiger partial charge in [0.1, 0.15) is 23.2 Å². The quantitative estimate of drug-likeness (QED) is 0.499. The summed E-state index contributed by atoms with van der Waals surface area (Å²) >= 11 is 0. The highest BCUT2D eigenvalue weighted by atomic mass is 19.4. The van der Waals surface area contributed by atoms with Crippen molar-refractivity contribution >= 4 is 22.8 Å². The number of carbonyl (C=O) groups excluding carboxylic acids is 1. The number of nitrogens with zero attached hydrogens (tertiary/aromatic N) is 4. The Morgan fingerprint density at radius 3 is 2.59 bits per heavy atom. The van der Waals surface area contributed by atoms with Crippen molar-refractivity contribution in [3.8, 4) is 5.82 Å². The van der Waals surface area contributed by atoms with Crippen LogP contribution in [0.15, 0.2) is 35.4 Å². The van der Waals surface area contributed by atoms with Gasteiger partial charge in [0.15, 0.2) is 17.3 Å². The van der Waals surface area contributed by atoms with Crippen molar-refractivity contribution in [3.63, 3.8) is 0 Å². The fourth-order valence-electron chi connectivity index (χ4n) is 4.53. The van der Waals surface area contributed by atoms with Gasteiger partial charge in [0, 0.05) is 25.4 Å². The lowest BCUT2D eigenvalue weighted by Crippen LogP contribution is -2.48. The van der Waals surface area contributed by atoms with Gasteiger partial charge >= 0.3 is 6.18 Å². The van der Waals surface area contributed by atoms with Gasteiger partial charge in [-0.3, -0.25) is 14.2 Å². The second-order valence-corrected chi connectivity index (χ2v) is 9.74. The van der Waals surface area contributed by atoms with E-state index in [0.29, 0.717) is 24.8 Å². The number of alkyl halides is 3. The maximum Gasteiger partial charge on any atom is 0.408 e. The maximum atomic E-state index is 14.8. The van der Waals surface area contributed by atoms with E-state index in [4.69, 9.17) is 0 Å². The summed E-state index contributed by atoms with van der Waals surface area (Å²) in [5.74, 6) is -4.35. The van der Waals surface area contributed by atoms with E-state index in [1.807, 2.05) is 5.32 Å². The predicted molar refractivity (Wildman–Crippen MR) is 123 cm³/mol. The Bertz CT molecular complexity index is 1450. The Morgan fingerprint density at radius 1 is 1.27 bits per heavy atom. The first-order valence-electron chi connectivity index (χ1n) is 11.6. The Hall–Kier alpha value is -3.61. The van der Waals surface area contributed by atoms with Crippen molar-refractivity contribution in [2.24, 2.45) is 5.92 Å². The standard InChI is InChI=1S/C24H22F5N5O3/c1-23(37)6-7-33(11-23)17-5-4-14-18(35)15(22(36)32-19(12-2-3-12)24(27,28)29)10-34(20(14)31-17)21-16(26)8-13(25)9-30-21/h4-5,8-10,12,19,37H,2-3,6-7,11H2,1H3,(H,32,36). The lowest BCUT2D eigenvalue weighted by molar-refractivity contribution is -0.158. The topological polar surface area (TPSA) is 100 Å². The van der Waals surface area contributed by atoms with Crippen LogP contribution in [0.3, 0.4) is 0 Å². The summed E-state index contributed by atoms with van der Waals surface area (Å²) in [4.78, 5) is 36.0. The molecule has 0 spiro atoms. The lowest BCUT2D eigenvalue weighted by Gasteiger charge is -2.22. The lowest BCUT2D eigenvalue weighted by atomic mass is 10.1. The molecule has 8 nitrogen and oxygen atoms in total. The molecule has 13 heteroatoms. The number of carbonyl (C=O) groups is 1. The third-order valence-corrected chi connectivity index (χ3v) is 6.61.